The number of esters is 1. The fourth-order valence-electron chi connectivity index (χ4n) is 3.31. The standard InChI is InChI=1S/C26H26ClNO3S/c1-5-31-26(30)24-23(20-11-13-21(27)14-12-20)17(4)32-25(24)28-22(29)15-8-18-6-9-19(10-7-18)16(2)3/h6-16H,5H2,1-4H3,(H,28,29)/b15-8+. The van der Waals surface area contributed by atoms with Gasteiger partial charge in [0.05, 0.1) is 6.61 Å². The molecule has 3 rings (SSSR count). The van der Waals surface area contributed by atoms with Gasteiger partial charge in [0.1, 0.15) is 10.6 Å². The number of benzene rings is 2. The largest absolute Gasteiger partial charge is 0.462 e. The molecule has 2 aromatic carbocycles. The van der Waals surface area contributed by atoms with Crippen LogP contribution >= 0.6 is 22.9 Å². The Morgan fingerprint density at radius 2 is 1.75 bits per heavy atom. The van der Waals surface area contributed by atoms with Crippen LogP contribution in [-0.4, -0.2) is 18.5 Å². The molecular formula is C26H26ClNO3S. The zero-order valence-corrected chi connectivity index (χ0v) is 20.1. The van der Waals surface area contributed by atoms with Gasteiger partial charge in [-0.2, -0.15) is 0 Å². The van der Waals surface area contributed by atoms with Gasteiger partial charge in [0.15, 0.2) is 0 Å². The maximum Gasteiger partial charge on any atom is 0.341 e. The Morgan fingerprint density at radius 1 is 1.09 bits per heavy atom. The van der Waals surface area contributed by atoms with Gasteiger partial charge in [0.25, 0.3) is 0 Å². The second-order valence-corrected chi connectivity index (χ2v) is 9.27. The zero-order valence-electron chi connectivity index (χ0n) is 18.6. The quantitative estimate of drug-likeness (QED) is 0.292. The summed E-state index contributed by atoms with van der Waals surface area (Å²) in [6.45, 7) is 8.19. The molecule has 0 radical (unpaired) electrons. The van der Waals surface area contributed by atoms with Gasteiger partial charge in [-0.3, -0.25) is 4.79 Å². The van der Waals surface area contributed by atoms with E-state index in [-0.39, 0.29) is 12.5 Å². The Labute approximate surface area is 197 Å². The Morgan fingerprint density at radius 3 is 2.34 bits per heavy atom. The summed E-state index contributed by atoms with van der Waals surface area (Å²) in [6.07, 6.45) is 3.22. The Balaban J connectivity index is 1.88. The van der Waals surface area contributed by atoms with Crippen molar-refractivity contribution in [3.05, 3.63) is 81.2 Å². The highest BCUT2D eigenvalue weighted by Gasteiger charge is 2.25. The van der Waals surface area contributed by atoms with E-state index in [9.17, 15) is 9.59 Å². The molecule has 1 heterocycles. The summed E-state index contributed by atoms with van der Waals surface area (Å²) in [4.78, 5) is 26.3. The molecule has 0 bridgehead atoms. The van der Waals surface area contributed by atoms with Crippen LogP contribution < -0.4 is 5.32 Å². The third kappa shape index (κ3) is 5.67. The minimum atomic E-state index is -0.467. The van der Waals surface area contributed by atoms with Crippen LogP contribution in [0.1, 0.15) is 53.1 Å². The smallest absolute Gasteiger partial charge is 0.341 e. The normalized spacial score (nSPS) is 11.2. The number of halogens is 1. The number of hydrogen-bond donors (Lipinski definition) is 1. The van der Waals surface area contributed by atoms with Crippen molar-refractivity contribution in [1.82, 2.24) is 0 Å². The monoisotopic (exact) mass is 467 g/mol. The average molecular weight is 468 g/mol. The number of carbonyl (C=O) groups is 2. The molecule has 1 amide bonds. The maximum absolute atomic E-state index is 12.8. The van der Waals surface area contributed by atoms with E-state index in [1.165, 1.54) is 23.0 Å². The van der Waals surface area contributed by atoms with E-state index in [0.29, 0.717) is 21.5 Å². The van der Waals surface area contributed by atoms with Gasteiger partial charge in [-0.15, -0.1) is 11.3 Å². The summed E-state index contributed by atoms with van der Waals surface area (Å²) in [7, 11) is 0. The molecule has 0 unspecified atom stereocenters. The molecule has 6 heteroatoms. The number of amides is 1. The molecule has 0 saturated heterocycles. The van der Waals surface area contributed by atoms with Gasteiger partial charge in [0, 0.05) is 21.5 Å². The van der Waals surface area contributed by atoms with Crippen LogP contribution in [0.4, 0.5) is 5.00 Å². The fourth-order valence-corrected chi connectivity index (χ4v) is 4.51. The predicted molar refractivity (Wildman–Crippen MR) is 134 cm³/mol. The summed E-state index contributed by atoms with van der Waals surface area (Å²) in [5.74, 6) is -0.327. The minimum absolute atomic E-state index is 0.243. The second kappa shape index (κ2) is 10.6. The van der Waals surface area contributed by atoms with Crippen LogP contribution in [0.5, 0.6) is 0 Å². The Bertz CT molecular complexity index is 1130. The lowest BCUT2D eigenvalue weighted by Crippen LogP contribution is -2.12. The van der Waals surface area contributed by atoms with Crippen molar-refractivity contribution in [3.63, 3.8) is 0 Å². The number of aryl methyl sites for hydroxylation is 1. The highest BCUT2D eigenvalue weighted by molar-refractivity contribution is 7.17. The number of hydrogen-bond acceptors (Lipinski definition) is 4. The molecule has 0 aliphatic rings. The minimum Gasteiger partial charge on any atom is -0.462 e. The Kier molecular flexibility index (Phi) is 7.89. The summed E-state index contributed by atoms with van der Waals surface area (Å²) in [6, 6.07) is 15.3. The fraction of sp³-hybridized carbons (Fsp3) is 0.231. The molecule has 166 valence electrons. The zero-order chi connectivity index (χ0) is 23.3. The molecule has 0 atom stereocenters. The lowest BCUT2D eigenvalue weighted by atomic mass is 10.0. The molecule has 1 N–H and O–H groups in total. The van der Waals surface area contributed by atoms with Crippen LogP contribution in [0.25, 0.3) is 17.2 Å². The van der Waals surface area contributed by atoms with Gasteiger partial charge in [-0.05, 0) is 54.7 Å². The molecule has 0 aliphatic carbocycles. The first kappa shape index (κ1) is 23.8. The predicted octanol–water partition coefficient (Wildman–Crippen LogP) is 7.33. The molecule has 0 fully saturated rings. The first-order chi connectivity index (χ1) is 15.3. The van der Waals surface area contributed by atoms with Crippen molar-refractivity contribution in [2.45, 2.75) is 33.6 Å². The van der Waals surface area contributed by atoms with Gasteiger partial charge in [-0.1, -0.05) is 61.8 Å². The van der Waals surface area contributed by atoms with E-state index in [4.69, 9.17) is 16.3 Å². The van der Waals surface area contributed by atoms with E-state index in [1.54, 1.807) is 25.1 Å². The maximum atomic E-state index is 12.8. The number of rotatable bonds is 7. The molecule has 1 aromatic heterocycles. The molecule has 0 saturated carbocycles. The van der Waals surface area contributed by atoms with Crippen LogP contribution in [0.3, 0.4) is 0 Å². The summed E-state index contributed by atoms with van der Waals surface area (Å²) in [5.41, 5.74) is 4.12. The third-order valence-corrected chi connectivity index (χ3v) is 6.24. The van der Waals surface area contributed by atoms with Crippen molar-refractivity contribution in [2.75, 3.05) is 11.9 Å². The molecule has 0 spiro atoms. The van der Waals surface area contributed by atoms with Crippen LogP contribution in [-0.2, 0) is 9.53 Å². The first-order valence-electron chi connectivity index (χ1n) is 10.5. The SMILES string of the molecule is CCOC(=O)c1c(NC(=O)/C=C/c2ccc(C(C)C)cc2)sc(C)c1-c1ccc(Cl)cc1. The number of thiophene rings is 1. The van der Waals surface area contributed by atoms with E-state index < -0.39 is 5.97 Å². The molecule has 32 heavy (non-hydrogen) atoms. The van der Waals surface area contributed by atoms with E-state index in [2.05, 4.69) is 31.3 Å². The van der Waals surface area contributed by atoms with Crippen LogP contribution in [0, 0.1) is 6.92 Å². The summed E-state index contributed by atoms with van der Waals surface area (Å²) >= 11 is 7.37. The molecule has 4 nitrogen and oxygen atoms in total. The van der Waals surface area contributed by atoms with E-state index >= 15 is 0 Å². The van der Waals surface area contributed by atoms with Crippen molar-refractivity contribution >= 4 is 45.9 Å². The van der Waals surface area contributed by atoms with Crippen molar-refractivity contribution in [3.8, 4) is 11.1 Å². The number of carbonyl (C=O) groups excluding carboxylic acids is 2. The molecule has 3 aromatic rings. The first-order valence-corrected chi connectivity index (χ1v) is 11.6. The third-order valence-electron chi connectivity index (χ3n) is 4.96. The molecule has 0 aliphatic heterocycles. The Hall–Kier alpha value is -2.89. The molecular weight excluding hydrogens is 442 g/mol. The van der Waals surface area contributed by atoms with Crippen molar-refractivity contribution < 1.29 is 14.3 Å². The topological polar surface area (TPSA) is 55.4 Å². The van der Waals surface area contributed by atoms with Gasteiger partial charge in [-0.25, -0.2) is 4.79 Å². The van der Waals surface area contributed by atoms with Crippen LogP contribution in [0.2, 0.25) is 5.02 Å². The number of anilines is 1. The lowest BCUT2D eigenvalue weighted by Gasteiger charge is -2.08. The van der Waals surface area contributed by atoms with Crippen LogP contribution in [0.15, 0.2) is 54.6 Å². The van der Waals surface area contributed by atoms with Gasteiger partial charge in [0.2, 0.25) is 5.91 Å². The number of ether oxygens (including phenoxy) is 1. The van der Waals surface area contributed by atoms with Gasteiger partial charge < -0.3 is 10.1 Å². The average Bonchev–Trinajstić information content (AvgIpc) is 3.08. The summed E-state index contributed by atoms with van der Waals surface area (Å²) < 4.78 is 5.28. The van der Waals surface area contributed by atoms with Crippen molar-refractivity contribution in [1.29, 1.82) is 0 Å². The number of nitrogens with one attached hydrogen (secondary N) is 1. The second-order valence-electron chi connectivity index (χ2n) is 7.61. The van der Waals surface area contributed by atoms with E-state index in [0.717, 1.165) is 21.6 Å². The van der Waals surface area contributed by atoms with E-state index in [1.807, 2.05) is 31.2 Å². The lowest BCUT2D eigenvalue weighted by molar-refractivity contribution is -0.111. The highest BCUT2D eigenvalue weighted by Crippen LogP contribution is 2.40. The van der Waals surface area contributed by atoms with Gasteiger partial charge >= 0.3 is 5.97 Å². The van der Waals surface area contributed by atoms with Crippen molar-refractivity contribution in [2.24, 2.45) is 0 Å². The highest BCUT2D eigenvalue weighted by atomic mass is 35.5. The summed E-state index contributed by atoms with van der Waals surface area (Å²) in [5, 5.41) is 3.94.